The number of hydrogen-bond donors (Lipinski definition) is 1. The lowest BCUT2D eigenvalue weighted by Gasteiger charge is -2.20. The average molecular weight is 483 g/mol. The molecular formula is C21H21F3N4O2S2. The number of likely N-dealkylation sites (tertiary alicyclic amines) is 1. The molecule has 0 bridgehead atoms. The molecule has 0 spiro atoms. The largest absolute Gasteiger partial charge is 0.418 e. The average Bonchev–Trinajstić information content (AvgIpc) is 3.40. The fourth-order valence-corrected chi connectivity index (χ4v) is 5.56. The molecule has 1 aliphatic heterocycles. The summed E-state index contributed by atoms with van der Waals surface area (Å²) in [4.78, 5) is 9.91. The Balaban J connectivity index is 1.50. The van der Waals surface area contributed by atoms with Gasteiger partial charge < -0.3 is 5.32 Å². The van der Waals surface area contributed by atoms with Gasteiger partial charge in [0.15, 0.2) is 5.03 Å². The summed E-state index contributed by atoms with van der Waals surface area (Å²) in [5.41, 5.74) is 1.63. The molecule has 1 aromatic carbocycles. The fourth-order valence-electron chi connectivity index (χ4n) is 3.69. The van der Waals surface area contributed by atoms with Crippen LogP contribution in [0.1, 0.15) is 23.2 Å². The number of nitrogens with zero attached hydrogens (tertiary/aromatic N) is 3. The van der Waals surface area contributed by atoms with Crippen LogP contribution in [0.15, 0.2) is 58.5 Å². The van der Waals surface area contributed by atoms with E-state index < -0.39 is 32.4 Å². The van der Waals surface area contributed by atoms with E-state index in [2.05, 4.69) is 20.2 Å². The molecule has 0 amide bonds. The molecule has 1 aliphatic rings. The van der Waals surface area contributed by atoms with Crippen LogP contribution >= 0.6 is 11.3 Å². The van der Waals surface area contributed by atoms with E-state index in [1.807, 2.05) is 30.3 Å². The van der Waals surface area contributed by atoms with Crippen molar-refractivity contribution in [3.05, 3.63) is 70.3 Å². The number of aromatic nitrogens is 2. The monoisotopic (exact) mass is 482 g/mol. The molecule has 4 rings (SSSR count). The number of halogens is 3. The number of rotatable bonds is 7. The van der Waals surface area contributed by atoms with Crippen LogP contribution in [-0.2, 0) is 28.3 Å². The fraction of sp³-hybridized carbons (Fsp3) is 0.333. The normalized spacial score (nSPS) is 17.5. The lowest BCUT2D eigenvalue weighted by molar-refractivity contribution is -0.137. The first-order chi connectivity index (χ1) is 15.2. The summed E-state index contributed by atoms with van der Waals surface area (Å²) >= 11 is 1.21. The van der Waals surface area contributed by atoms with Crippen LogP contribution in [0.2, 0.25) is 0 Å². The third kappa shape index (κ3) is 5.45. The van der Waals surface area contributed by atoms with Crippen molar-refractivity contribution in [1.82, 2.24) is 14.9 Å². The van der Waals surface area contributed by atoms with E-state index in [0.29, 0.717) is 19.0 Å². The molecule has 2 aromatic heterocycles. The van der Waals surface area contributed by atoms with Gasteiger partial charge in [-0.2, -0.15) is 13.2 Å². The molecule has 6 nitrogen and oxygen atoms in total. The van der Waals surface area contributed by atoms with E-state index in [0.717, 1.165) is 24.8 Å². The molecule has 0 radical (unpaired) electrons. The van der Waals surface area contributed by atoms with Gasteiger partial charge in [-0.1, -0.05) is 30.3 Å². The van der Waals surface area contributed by atoms with Crippen LogP contribution in [0.4, 0.5) is 18.9 Å². The maximum absolute atomic E-state index is 13.7. The lowest BCUT2D eigenvalue weighted by Crippen LogP contribution is -2.27. The Morgan fingerprint density at radius 3 is 2.66 bits per heavy atom. The molecular weight excluding hydrogens is 461 g/mol. The van der Waals surface area contributed by atoms with Gasteiger partial charge in [-0.3, -0.25) is 4.90 Å². The Labute approximate surface area is 188 Å². The van der Waals surface area contributed by atoms with E-state index in [1.54, 1.807) is 5.38 Å². The zero-order valence-corrected chi connectivity index (χ0v) is 18.6. The van der Waals surface area contributed by atoms with Crippen molar-refractivity contribution in [2.75, 3.05) is 18.4 Å². The van der Waals surface area contributed by atoms with Gasteiger partial charge in [-0.05, 0) is 18.1 Å². The molecule has 11 heteroatoms. The second-order valence-electron chi connectivity index (χ2n) is 7.66. The molecule has 0 aliphatic carbocycles. The van der Waals surface area contributed by atoms with E-state index in [1.165, 1.54) is 16.8 Å². The summed E-state index contributed by atoms with van der Waals surface area (Å²) in [5.74, 6) is -0.495. The summed E-state index contributed by atoms with van der Waals surface area (Å²) in [6.45, 7) is 2.05. The maximum atomic E-state index is 13.7. The first-order valence-electron chi connectivity index (χ1n) is 9.90. The minimum atomic E-state index is -4.72. The molecule has 1 N–H and O–H groups in total. The van der Waals surface area contributed by atoms with Crippen LogP contribution in [0.3, 0.4) is 0 Å². The zero-order chi connectivity index (χ0) is 22.8. The Bertz CT molecular complexity index is 1150. The molecule has 3 aromatic rings. The van der Waals surface area contributed by atoms with Crippen LogP contribution in [0.5, 0.6) is 0 Å². The van der Waals surface area contributed by atoms with Crippen molar-refractivity contribution in [2.24, 2.45) is 0 Å². The smallest absolute Gasteiger partial charge is 0.379 e. The molecule has 32 heavy (non-hydrogen) atoms. The number of anilines is 1. The van der Waals surface area contributed by atoms with Crippen molar-refractivity contribution >= 4 is 26.9 Å². The van der Waals surface area contributed by atoms with Crippen LogP contribution in [0.25, 0.3) is 0 Å². The summed E-state index contributed by atoms with van der Waals surface area (Å²) in [7, 11) is -4.06. The van der Waals surface area contributed by atoms with Crippen molar-refractivity contribution in [3.63, 3.8) is 0 Å². The topological polar surface area (TPSA) is 75.2 Å². The Kier molecular flexibility index (Phi) is 6.50. The quantitative estimate of drug-likeness (QED) is 0.544. The van der Waals surface area contributed by atoms with Crippen molar-refractivity contribution < 1.29 is 21.6 Å². The van der Waals surface area contributed by atoms with E-state index in [-0.39, 0.29) is 17.4 Å². The standard InChI is InChI=1S/C21H21F3N4O2S2/c22-21(23,24)18-8-20(32(29,30)13-17-12-31-14-26-17)25-9-19(18)27-16-6-7-28(11-16)10-15-4-2-1-3-5-15/h1-5,8-9,12,14,16,27H,6-7,10-11,13H2/t16-/m0/s1. The number of alkyl halides is 3. The Morgan fingerprint density at radius 2 is 1.97 bits per heavy atom. The van der Waals surface area contributed by atoms with Gasteiger partial charge in [0, 0.05) is 31.1 Å². The SMILES string of the molecule is O=S(=O)(Cc1cscn1)c1cc(C(F)(F)F)c(N[C@H]2CCN(Cc3ccccc3)C2)cn1. The summed E-state index contributed by atoms with van der Waals surface area (Å²) < 4.78 is 66.4. The van der Waals surface area contributed by atoms with Gasteiger partial charge in [0.1, 0.15) is 0 Å². The van der Waals surface area contributed by atoms with Gasteiger partial charge in [-0.15, -0.1) is 11.3 Å². The lowest BCUT2D eigenvalue weighted by atomic mass is 10.2. The molecule has 1 saturated heterocycles. The van der Waals surface area contributed by atoms with Crippen molar-refractivity contribution in [2.45, 2.75) is 36.0 Å². The molecule has 1 atom stereocenters. The van der Waals surface area contributed by atoms with E-state index >= 15 is 0 Å². The maximum Gasteiger partial charge on any atom is 0.418 e. The highest BCUT2D eigenvalue weighted by atomic mass is 32.2. The minimum absolute atomic E-state index is 0.195. The van der Waals surface area contributed by atoms with E-state index in [9.17, 15) is 21.6 Å². The molecule has 3 heterocycles. The van der Waals surface area contributed by atoms with Crippen LogP contribution in [0, 0.1) is 0 Å². The van der Waals surface area contributed by atoms with Gasteiger partial charge in [0.05, 0.1) is 34.4 Å². The molecule has 170 valence electrons. The number of sulfone groups is 1. The number of benzene rings is 1. The van der Waals surface area contributed by atoms with Gasteiger partial charge in [0.25, 0.3) is 0 Å². The summed E-state index contributed by atoms with van der Waals surface area (Å²) in [5, 5.41) is 3.86. The number of thiazole rings is 1. The third-order valence-electron chi connectivity index (χ3n) is 5.21. The number of nitrogens with one attached hydrogen (secondary N) is 1. The van der Waals surface area contributed by atoms with Crippen LogP contribution in [-0.4, -0.2) is 42.4 Å². The van der Waals surface area contributed by atoms with Crippen LogP contribution < -0.4 is 5.32 Å². The van der Waals surface area contributed by atoms with Crippen molar-refractivity contribution in [1.29, 1.82) is 0 Å². The second kappa shape index (κ2) is 9.16. The van der Waals surface area contributed by atoms with Crippen molar-refractivity contribution in [3.8, 4) is 0 Å². The van der Waals surface area contributed by atoms with Gasteiger partial charge >= 0.3 is 6.18 Å². The number of pyridine rings is 1. The minimum Gasteiger partial charge on any atom is -0.379 e. The van der Waals surface area contributed by atoms with E-state index in [4.69, 9.17) is 0 Å². The highest BCUT2D eigenvalue weighted by Gasteiger charge is 2.36. The predicted molar refractivity (Wildman–Crippen MR) is 116 cm³/mol. The molecule has 0 saturated carbocycles. The summed E-state index contributed by atoms with van der Waals surface area (Å²) in [6, 6.07) is 10.3. The first kappa shape index (κ1) is 22.7. The Hall–Kier alpha value is -2.50. The summed E-state index contributed by atoms with van der Waals surface area (Å²) in [6.07, 6.45) is -3.08. The highest BCUT2D eigenvalue weighted by molar-refractivity contribution is 7.90. The number of hydrogen-bond acceptors (Lipinski definition) is 7. The highest BCUT2D eigenvalue weighted by Crippen LogP contribution is 2.36. The predicted octanol–water partition coefficient (Wildman–Crippen LogP) is 4.22. The Morgan fingerprint density at radius 1 is 1.19 bits per heavy atom. The zero-order valence-electron chi connectivity index (χ0n) is 16.9. The first-order valence-corrected chi connectivity index (χ1v) is 12.5. The third-order valence-corrected chi connectivity index (χ3v) is 7.38. The second-order valence-corrected chi connectivity index (χ2v) is 10.3. The molecule has 1 fully saturated rings. The van der Waals surface area contributed by atoms with Gasteiger partial charge in [0.2, 0.25) is 9.84 Å². The van der Waals surface area contributed by atoms with Gasteiger partial charge in [-0.25, -0.2) is 18.4 Å². The molecule has 0 unspecified atom stereocenters.